The van der Waals surface area contributed by atoms with Gasteiger partial charge in [0.05, 0.1) is 12.8 Å². The predicted octanol–water partition coefficient (Wildman–Crippen LogP) is 2.72. The van der Waals surface area contributed by atoms with Crippen molar-refractivity contribution in [2.75, 3.05) is 51.3 Å². The number of ether oxygens (including phenoxy) is 1. The van der Waals surface area contributed by atoms with Crippen LogP contribution in [0.15, 0.2) is 18.2 Å². The molecule has 1 amide bonds. The van der Waals surface area contributed by atoms with E-state index >= 15 is 0 Å². The van der Waals surface area contributed by atoms with Crippen LogP contribution >= 0.6 is 24.8 Å². The van der Waals surface area contributed by atoms with Gasteiger partial charge in [-0.15, -0.1) is 24.8 Å². The molecule has 2 aliphatic heterocycles. The number of nitrogens with zero attached hydrogens (tertiary/aromatic N) is 2. The van der Waals surface area contributed by atoms with Crippen molar-refractivity contribution in [3.63, 3.8) is 0 Å². The Morgan fingerprint density at radius 1 is 1.19 bits per heavy atom. The number of piperazine rings is 1. The van der Waals surface area contributed by atoms with Crippen LogP contribution < -0.4 is 15.0 Å². The fraction of sp³-hybridized carbons (Fsp3) is 0.632. The van der Waals surface area contributed by atoms with Crippen molar-refractivity contribution in [3.05, 3.63) is 24.0 Å². The molecule has 0 radical (unpaired) electrons. The van der Waals surface area contributed by atoms with Gasteiger partial charge >= 0.3 is 0 Å². The molecule has 1 saturated carbocycles. The standard InChI is InChI=1S/C19H26FN3O2.2ClH/c1-25-17-12-14(20)2-3-16(17)22-8-10-23(11-9-22)18(24)15-13-19(15)4-6-21-7-5-19;;/h2-3,12,15,21H,4-11,13H2,1H3;2*1H. The summed E-state index contributed by atoms with van der Waals surface area (Å²) >= 11 is 0. The summed E-state index contributed by atoms with van der Waals surface area (Å²) in [6, 6.07) is 4.63. The van der Waals surface area contributed by atoms with E-state index in [1.165, 1.54) is 12.1 Å². The Labute approximate surface area is 172 Å². The van der Waals surface area contributed by atoms with E-state index in [4.69, 9.17) is 4.74 Å². The van der Waals surface area contributed by atoms with Gasteiger partial charge in [-0.25, -0.2) is 4.39 Å². The van der Waals surface area contributed by atoms with E-state index in [-0.39, 0.29) is 36.5 Å². The molecular formula is C19H28Cl2FN3O2. The molecule has 2 saturated heterocycles. The minimum Gasteiger partial charge on any atom is -0.494 e. The Hall–Kier alpha value is -1.24. The lowest BCUT2D eigenvalue weighted by Crippen LogP contribution is -2.50. The summed E-state index contributed by atoms with van der Waals surface area (Å²) < 4.78 is 18.7. The molecule has 3 fully saturated rings. The maximum absolute atomic E-state index is 13.4. The van der Waals surface area contributed by atoms with Gasteiger partial charge in [-0.3, -0.25) is 4.79 Å². The van der Waals surface area contributed by atoms with Crippen molar-refractivity contribution in [2.45, 2.75) is 19.3 Å². The summed E-state index contributed by atoms with van der Waals surface area (Å²) in [5.41, 5.74) is 1.19. The van der Waals surface area contributed by atoms with E-state index < -0.39 is 0 Å². The molecule has 1 aromatic carbocycles. The molecule has 152 valence electrons. The van der Waals surface area contributed by atoms with Gasteiger partial charge in [-0.2, -0.15) is 0 Å². The molecule has 1 aromatic rings. The van der Waals surface area contributed by atoms with E-state index in [0.717, 1.165) is 64.2 Å². The first-order valence-electron chi connectivity index (χ1n) is 9.21. The fourth-order valence-electron chi connectivity index (χ4n) is 4.47. The summed E-state index contributed by atoms with van der Waals surface area (Å²) in [6.45, 7) is 5.06. The summed E-state index contributed by atoms with van der Waals surface area (Å²) in [4.78, 5) is 17.1. The van der Waals surface area contributed by atoms with Gasteiger partial charge < -0.3 is 19.9 Å². The molecule has 0 aromatic heterocycles. The first-order chi connectivity index (χ1) is 12.1. The SMILES string of the molecule is COc1cc(F)ccc1N1CCN(C(=O)C2CC23CCNCC3)CC1.Cl.Cl. The highest BCUT2D eigenvalue weighted by molar-refractivity contribution is 5.85. The number of amides is 1. The van der Waals surface area contributed by atoms with E-state index in [1.807, 2.05) is 4.90 Å². The van der Waals surface area contributed by atoms with Gasteiger partial charge in [0, 0.05) is 38.2 Å². The van der Waals surface area contributed by atoms with Crippen LogP contribution in [0.4, 0.5) is 10.1 Å². The van der Waals surface area contributed by atoms with E-state index in [9.17, 15) is 9.18 Å². The fourth-order valence-corrected chi connectivity index (χ4v) is 4.47. The number of carbonyl (C=O) groups is 1. The zero-order valence-corrected chi connectivity index (χ0v) is 17.2. The molecule has 1 atom stereocenters. The van der Waals surface area contributed by atoms with Crippen LogP contribution in [-0.4, -0.2) is 57.2 Å². The number of anilines is 1. The predicted molar refractivity (Wildman–Crippen MR) is 109 cm³/mol. The Kier molecular flexibility index (Phi) is 7.22. The maximum atomic E-state index is 13.4. The lowest BCUT2D eigenvalue weighted by molar-refractivity contribution is -0.133. The highest BCUT2D eigenvalue weighted by atomic mass is 35.5. The van der Waals surface area contributed by atoms with E-state index in [0.29, 0.717) is 17.1 Å². The maximum Gasteiger partial charge on any atom is 0.226 e. The first kappa shape index (κ1) is 22.1. The van der Waals surface area contributed by atoms with Crippen LogP contribution in [0.25, 0.3) is 0 Å². The molecule has 0 bridgehead atoms. The number of rotatable bonds is 3. The Morgan fingerprint density at radius 3 is 2.48 bits per heavy atom. The topological polar surface area (TPSA) is 44.8 Å². The minimum absolute atomic E-state index is 0. The van der Waals surface area contributed by atoms with Crippen LogP contribution in [-0.2, 0) is 4.79 Å². The quantitative estimate of drug-likeness (QED) is 0.817. The van der Waals surface area contributed by atoms with Gasteiger partial charge in [-0.05, 0) is 49.9 Å². The average Bonchev–Trinajstić information content (AvgIpc) is 3.34. The number of hydrogen-bond acceptors (Lipinski definition) is 4. The number of hydrogen-bond donors (Lipinski definition) is 1. The largest absolute Gasteiger partial charge is 0.494 e. The zero-order valence-electron chi connectivity index (χ0n) is 15.6. The van der Waals surface area contributed by atoms with Crippen LogP contribution in [0.1, 0.15) is 19.3 Å². The number of nitrogens with one attached hydrogen (secondary N) is 1. The van der Waals surface area contributed by atoms with Gasteiger partial charge in [0.1, 0.15) is 11.6 Å². The third-order valence-corrected chi connectivity index (χ3v) is 6.16. The lowest BCUT2D eigenvalue weighted by atomic mass is 9.91. The molecule has 1 aliphatic carbocycles. The molecule has 5 nitrogen and oxygen atoms in total. The summed E-state index contributed by atoms with van der Waals surface area (Å²) in [5, 5.41) is 3.39. The molecule has 1 N–H and O–H groups in total. The Bertz CT molecular complexity index is 662. The number of benzene rings is 1. The number of methoxy groups -OCH3 is 1. The third-order valence-electron chi connectivity index (χ3n) is 6.16. The smallest absolute Gasteiger partial charge is 0.226 e. The monoisotopic (exact) mass is 419 g/mol. The van der Waals surface area contributed by atoms with Crippen molar-refractivity contribution in [3.8, 4) is 5.75 Å². The van der Waals surface area contributed by atoms with Crippen LogP contribution in [0, 0.1) is 17.2 Å². The molecule has 4 rings (SSSR count). The van der Waals surface area contributed by atoms with Gasteiger partial charge in [0.2, 0.25) is 5.91 Å². The normalized spacial score (nSPS) is 23.3. The second kappa shape index (κ2) is 8.84. The van der Waals surface area contributed by atoms with Crippen molar-refractivity contribution in [1.29, 1.82) is 0 Å². The average molecular weight is 420 g/mol. The van der Waals surface area contributed by atoms with E-state index in [2.05, 4.69) is 10.2 Å². The van der Waals surface area contributed by atoms with Crippen molar-refractivity contribution < 1.29 is 13.9 Å². The van der Waals surface area contributed by atoms with Crippen LogP contribution in [0.3, 0.4) is 0 Å². The van der Waals surface area contributed by atoms with Gasteiger partial charge in [-0.1, -0.05) is 0 Å². The minimum atomic E-state index is -0.296. The third kappa shape index (κ3) is 4.28. The van der Waals surface area contributed by atoms with Crippen molar-refractivity contribution >= 4 is 36.4 Å². The summed E-state index contributed by atoms with van der Waals surface area (Å²) in [5.74, 6) is 0.833. The summed E-state index contributed by atoms with van der Waals surface area (Å²) in [7, 11) is 1.56. The first-order valence-corrected chi connectivity index (χ1v) is 9.21. The second-order valence-electron chi connectivity index (χ2n) is 7.50. The molecule has 3 aliphatic rings. The van der Waals surface area contributed by atoms with Crippen LogP contribution in [0.2, 0.25) is 0 Å². The molecule has 2 heterocycles. The highest BCUT2D eigenvalue weighted by Crippen LogP contribution is 2.59. The molecule has 1 unspecified atom stereocenters. The Morgan fingerprint density at radius 2 is 1.85 bits per heavy atom. The zero-order chi connectivity index (χ0) is 17.4. The van der Waals surface area contributed by atoms with Crippen LogP contribution in [0.5, 0.6) is 5.75 Å². The second-order valence-corrected chi connectivity index (χ2v) is 7.50. The Balaban J connectivity index is 0.00000131. The molecule has 27 heavy (non-hydrogen) atoms. The number of halogens is 3. The van der Waals surface area contributed by atoms with Crippen molar-refractivity contribution in [1.82, 2.24) is 10.2 Å². The lowest BCUT2D eigenvalue weighted by Gasteiger charge is -2.37. The van der Waals surface area contributed by atoms with E-state index in [1.54, 1.807) is 13.2 Å². The summed E-state index contributed by atoms with van der Waals surface area (Å²) in [6.07, 6.45) is 3.34. The van der Waals surface area contributed by atoms with Gasteiger partial charge in [0.25, 0.3) is 0 Å². The van der Waals surface area contributed by atoms with Gasteiger partial charge in [0.15, 0.2) is 0 Å². The van der Waals surface area contributed by atoms with Crippen molar-refractivity contribution in [2.24, 2.45) is 11.3 Å². The highest BCUT2D eigenvalue weighted by Gasteiger charge is 2.58. The molecule has 8 heteroatoms. The molecule has 1 spiro atoms. The number of carbonyl (C=O) groups excluding carboxylic acids is 1. The molecular weight excluding hydrogens is 392 g/mol. The number of piperidine rings is 1.